The molecule has 0 unspecified atom stereocenters. The number of β-amino-alcohol motifs (C(OH)–C–C–N with tert-alkyl or cyclic N) is 1. The third-order valence-electron chi connectivity index (χ3n) is 2.64. The normalized spacial score (nSPS) is 33.0. The third-order valence-corrected chi connectivity index (χ3v) is 2.64. The van der Waals surface area contributed by atoms with Crippen LogP contribution in [0.4, 0.5) is 0 Å². The monoisotopic (exact) mass is 188 g/mol. The standard InChI is InChI=1S/C9H20N2O2/c1-2-13-8-5-9(6-8,7-10)11-3-4-12/h8,11-12H,2-7,10H2,1H3. The highest BCUT2D eigenvalue weighted by atomic mass is 16.5. The predicted molar refractivity (Wildman–Crippen MR) is 51.5 cm³/mol. The molecule has 0 heterocycles. The van der Waals surface area contributed by atoms with Crippen LogP contribution >= 0.6 is 0 Å². The highest BCUT2D eigenvalue weighted by Crippen LogP contribution is 2.33. The van der Waals surface area contributed by atoms with Gasteiger partial charge in [0.1, 0.15) is 0 Å². The van der Waals surface area contributed by atoms with Crippen LogP contribution in [-0.2, 0) is 4.74 Å². The highest BCUT2D eigenvalue weighted by molar-refractivity contribution is 5.02. The Labute approximate surface area is 79.5 Å². The summed E-state index contributed by atoms with van der Waals surface area (Å²) in [6, 6.07) is 0. The Morgan fingerprint density at radius 1 is 1.62 bits per heavy atom. The average molecular weight is 188 g/mol. The van der Waals surface area contributed by atoms with Crippen LogP contribution in [0, 0.1) is 0 Å². The van der Waals surface area contributed by atoms with Crippen LogP contribution < -0.4 is 11.1 Å². The molecule has 0 radical (unpaired) electrons. The van der Waals surface area contributed by atoms with Crippen LogP contribution in [0.5, 0.6) is 0 Å². The molecule has 0 aromatic rings. The molecule has 0 bridgehead atoms. The Kier molecular flexibility index (Phi) is 4.12. The van der Waals surface area contributed by atoms with Gasteiger partial charge in [-0.15, -0.1) is 0 Å². The summed E-state index contributed by atoms with van der Waals surface area (Å²) in [7, 11) is 0. The zero-order valence-electron chi connectivity index (χ0n) is 8.25. The van der Waals surface area contributed by atoms with Crippen molar-refractivity contribution in [2.75, 3.05) is 26.3 Å². The first-order valence-corrected chi connectivity index (χ1v) is 4.94. The van der Waals surface area contributed by atoms with Crippen molar-refractivity contribution < 1.29 is 9.84 Å². The predicted octanol–water partition coefficient (Wildman–Crippen LogP) is -0.535. The van der Waals surface area contributed by atoms with E-state index >= 15 is 0 Å². The molecule has 1 fully saturated rings. The van der Waals surface area contributed by atoms with Crippen molar-refractivity contribution in [2.24, 2.45) is 5.73 Å². The van der Waals surface area contributed by atoms with E-state index in [-0.39, 0.29) is 12.1 Å². The number of hydrogen-bond donors (Lipinski definition) is 3. The van der Waals surface area contributed by atoms with E-state index in [0.717, 1.165) is 19.4 Å². The topological polar surface area (TPSA) is 67.5 Å². The number of ether oxygens (including phenoxy) is 1. The maximum Gasteiger partial charge on any atom is 0.0611 e. The van der Waals surface area contributed by atoms with Gasteiger partial charge in [0.2, 0.25) is 0 Å². The first kappa shape index (κ1) is 10.9. The molecule has 4 N–H and O–H groups in total. The van der Waals surface area contributed by atoms with Crippen LogP contribution in [0.3, 0.4) is 0 Å². The summed E-state index contributed by atoms with van der Waals surface area (Å²) in [4.78, 5) is 0. The molecule has 0 aliphatic heterocycles. The molecule has 13 heavy (non-hydrogen) atoms. The van der Waals surface area contributed by atoms with Crippen molar-refractivity contribution in [2.45, 2.75) is 31.4 Å². The molecule has 4 nitrogen and oxygen atoms in total. The van der Waals surface area contributed by atoms with Crippen LogP contribution in [0.25, 0.3) is 0 Å². The third kappa shape index (κ3) is 2.64. The molecule has 1 aliphatic carbocycles. The molecule has 0 aromatic heterocycles. The zero-order chi connectivity index (χ0) is 9.73. The second-order valence-corrected chi connectivity index (χ2v) is 3.62. The summed E-state index contributed by atoms with van der Waals surface area (Å²) in [6.07, 6.45) is 2.30. The van der Waals surface area contributed by atoms with Gasteiger partial charge in [-0.05, 0) is 19.8 Å². The van der Waals surface area contributed by atoms with Crippen molar-refractivity contribution in [1.29, 1.82) is 0 Å². The fourth-order valence-corrected chi connectivity index (χ4v) is 1.87. The maximum atomic E-state index is 8.68. The second-order valence-electron chi connectivity index (χ2n) is 3.62. The Balaban J connectivity index is 2.23. The summed E-state index contributed by atoms with van der Waals surface area (Å²) in [5.41, 5.74) is 5.70. The Morgan fingerprint density at radius 3 is 2.77 bits per heavy atom. The lowest BCUT2D eigenvalue weighted by Gasteiger charge is -2.47. The number of nitrogens with two attached hydrogens (primary N) is 1. The minimum atomic E-state index is 0.0303. The van der Waals surface area contributed by atoms with Crippen LogP contribution in [0.2, 0.25) is 0 Å². The van der Waals surface area contributed by atoms with E-state index < -0.39 is 0 Å². The largest absolute Gasteiger partial charge is 0.395 e. The summed E-state index contributed by atoms with van der Waals surface area (Å²) in [6.45, 7) is 4.18. The molecule has 78 valence electrons. The quantitative estimate of drug-likeness (QED) is 0.524. The number of nitrogens with one attached hydrogen (secondary N) is 1. The summed E-state index contributed by atoms with van der Waals surface area (Å²) in [5.74, 6) is 0. The lowest BCUT2D eigenvalue weighted by Crippen LogP contribution is -2.63. The molecule has 4 heteroatoms. The van der Waals surface area contributed by atoms with Crippen molar-refractivity contribution in [3.63, 3.8) is 0 Å². The minimum absolute atomic E-state index is 0.0303. The smallest absolute Gasteiger partial charge is 0.0611 e. The molecule has 0 atom stereocenters. The number of aliphatic hydroxyl groups is 1. The number of hydrogen-bond acceptors (Lipinski definition) is 4. The Morgan fingerprint density at radius 2 is 2.31 bits per heavy atom. The van der Waals surface area contributed by atoms with Crippen molar-refractivity contribution in [3.05, 3.63) is 0 Å². The lowest BCUT2D eigenvalue weighted by molar-refractivity contribution is -0.0483. The highest BCUT2D eigenvalue weighted by Gasteiger charge is 2.43. The van der Waals surface area contributed by atoms with Gasteiger partial charge in [0.15, 0.2) is 0 Å². The van der Waals surface area contributed by atoms with Gasteiger partial charge in [-0.3, -0.25) is 0 Å². The first-order valence-electron chi connectivity index (χ1n) is 4.94. The number of rotatable bonds is 6. The van der Waals surface area contributed by atoms with Gasteiger partial charge in [0.05, 0.1) is 12.7 Å². The molecular weight excluding hydrogens is 168 g/mol. The van der Waals surface area contributed by atoms with Crippen molar-refractivity contribution >= 4 is 0 Å². The van der Waals surface area contributed by atoms with Gasteiger partial charge in [-0.1, -0.05) is 0 Å². The van der Waals surface area contributed by atoms with Gasteiger partial charge < -0.3 is 20.9 Å². The van der Waals surface area contributed by atoms with E-state index in [2.05, 4.69) is 5.32 Å². The lowest BCUT2D eigenvalue weighted by atomic mass is 9.74. The SMILES string of the molecule is CCOC1CC(CN)(NCCO)C1. The molecular formula is C9H20N2O2. The van der Waals surface area contributed by atoms with Gasteiger partial charge >= 0.3 is 0 Å². The average Bonchev–Trinajstić information content (AvgIpc) is 2.09. The zero-order valence-corrected chi connectivity index (χ0v) is 8.25. The van der Waals surface area contributed by atoms with Gasteiger partial charge in [-0.2, -0.15) is 0 Å². The Bertz CT molecular complexity index is 147. The van der Waals surface area contributed by atoms with Crippen LogP contribution in [-0.4, -0.2) is 43.1 Å². The molecule has 0 saturated heterocycles. The molecule has 1 aliphatic rings. The second kappa shape index (κ2) is 4.91. The first-order chi connectivity index (χ1) is 6.26. The van der Waals surface area contributed by atoms with Crippen LogP contribution in [0.15, 0.2) is 0 Å². The summed E-state index contributed by atoms with van der Waals surface area (Å²) < 4.78 is 5.46. The van der Waals surface area contributed by atoms with Crippen LogP contribution in [0.1, 0.15) is 19.8 Å². The van der Waals surface area contributed by atoms with Gasteiger partial charge in [0, 0.05) is 25.2 Å². The van der Waals surface area contributed by atoms with E-state index in [1.54, 1.807) is 0 Å². The fraction of sp³-hybridized carbons (Fsp3) is 1.00. The molecule has 1 saturated carbocycles. The van der Waals surface area contributed by atoms with E-state index in [1.807, 2.05) is 6.92 Å². The van der Waals surface area contributed by atoms with Gasteiger partial charge in [-0.25, -0.2) is 0 Å². The van der Waals surface area contributed by atoms with E-state index in [1.165, 1.54) is 0 Å². The number of aliphatic hydroxyl groups excluding tert-OH is 1. The molecule has 0 aromatic carbocycles. The minimum Gasteiger partial charge on any atom is -0.395 e. The Hall–Kier alpha value is -0.160. The van der Waals surface area contributed by atoms with Crippen molar-refractivity contribution in [3.8, 4) is 0 Å². The molecule has 0 spiro atoms. The van der Waals surface area contributed by atoms with Crippen molar-refractivity contribution in [1.82, 2.24) is 5.32 Å². The van der Waals surface area contributed by atoms with E-state index in [0.29, 0.717) is 19.2 Å². The molecule has 1 rings (SSSR count). The maximum absolute atomic E-state index is 8.68. The van der Waals surface area contributed by atoms with Gasteiger partial charge in [0.25, 0.3) is 0 Å². The summed E-state index contributed by atoms with van der Waals surface area (Å²) in [5, 5.41) is 11.9. The molecule has 0 amide bonds. The van der Waals surface area contributed by atoms with E-state index in [9.17, 15) is 0 Å². The van der Waals surface area contributed by atoms with E-state index in [4.69, 9.17) is 15.6 Å². The fourth-order valence-electron chi connectivity index (χ4n) is 1.87. The summed E-state index contributed by atoms with van der Waals surface area (Å²) >= 11 is 0.